The van der Waals surface area contributed by atoms with Crippen LogP contribution in [-0.4, -0.2) is 10.3 Å². The predicted octanol–water partition coefficient (Wildman–Crippen LogP) is 6.02. The lowest BCUT2D eigenvalue weighted by Crippen LogP contribution is -2.39. The van der Waals surface area contributed by atoms with Gasteiger partial charge in [0.15, 0.2) is 5.71 Å². The summed E-state index contributed by atoms with van der Waals surface area (Å²) >= 11 is 0. The molecule has 0 aliphatic heterocycles. The highest BCUT2D eigenvalue weighted by molar-refractivity contribution is 6.08. The van der Waals surface area contributed by atoms with Crippen molar-refractivity contribution in [2.75, 3.05) is 0 Å². The maximum Gasteiger partial charge on any atom is 0.318 e. The third-order valence-electron chi connectivity index (χ3n) is 5.86. The second-order valence-electron chi connectivity index (χ2n) is 8.60. The fourth-order valence-electron chi connectivity index (χ4n) is 4.83. The summed E-state index contributed by atoms with van der Waals surface area (Å²) in [5.74, 6) is 0.858. The van der Waals surface area contributed by atoms with Crippen molar-refractivity contribution in [3.05, 3.63) is 112 Å². The number of nitrogens with one attached hydrogen (secondary N) is 1. The zero-order valence-electron chi connectivity index (χ0n) is 19.2. The van der Waals surface area contributed by atoms with Gasteiger partial charge in [-0.15, -0.1) is 0 Å². The van der Waals surface area contributed by atoms with Crippen LogP contribution in [0.3, 0.4) is 0 Å². The lowest BCUT2D eigenvalue weighted by Gasteiger charge is -2.13. The lowest BCUT2D eigenvalue weighted by atomic mass is 10.0. The predicted molar refractivity (Wildman–Crippen MR) is 128 cm³/mol. The van der Waals surface area contributed by atoms with Crippen molar-refractivity contribution in [2.24, 2.45) is 0 Å². The molecule has 1 N–H and O–H groups in total. The molecule has 0 atom stereocenters. The zero-order chi connectivity index (χ0) is 22.3. The van der Waals surface area contributed by atoms with E-state index < -0.39 is 0 Å². The first-order valence-corrected chi connectivity index (χ1v) is 10.7. The Morgan fingerprint density at radius 3 is 1.81 bits per heavy atom. The van der Waals surface area contributed by atoms with Gasteiger partial charge in [0.25, 0.3) is 0 Å². The summed E-state index contributed by atoms with van der Waals surface area (Å²) in [4.78, 5) is 0. The average molecular weight is 409 g/mol. The molecule has 156 valence electrons. The van der Waals surface area contributed by atoms with Crippen molar-refractivity contribution in [1.29, 1.82) is 5.41 Å². The summed E-state index contributed by atoms with van der Waals surface area (Å²) in [5, 5.41) is 9.19. The molecule has 1 aromatic heterocycles. The monoisotopic (exact) mass is 408 g/mol. The van der Waals surface area contributed by atoms with Crippen molar-refractivity contribution >= 4 is 5.71 Å². The fraction of sp³-hybridized carbons (Fsp3) is 0.214. The molecule has 0 unspecified atom stereocenters. The van der Waals surface area contributed by atoms with Crippen LogP contribution in [0.1, 0.15) is 44.8 Å². The molecule has 0 aliphatic rings. The van der Waals surface area contributed by atoms with Crippen molar-refractivity contribution in [2.45, 2.75) is 41.5 Å². The van der Waals surface area contributed by atoms with Gasteiger partial charge in [-0.3, -0.25) is 5.41 Å². The van der Waals surface area contributed by atoms with Gasteiger partial charge < -0.3 is 0 Å². The van der Waals surface area contributed by atoms with Crippen LogP contribution in [0.5, 0.6) is 0 Å². The Labute approximate surface area is 185 Å². The first-order valence-electron chi connectivity index (χ1n) is 10.7. The Bertz CT molecular complexity index is 1170. The Balaban J connectivity index is 2.05. The molecule has 4 aromatic rings. The Morgan fingerprint density at radius 1 is 0.742 bits per heavy atom. The molecule has 0 amide bonds. The van der Waals surface area contributed by atoms with E-state index in [0.29, 0.717) is 5.71 Å². The number of aryl methyl sites for hydroxylation is 6. The first kappa shape index (κ1) is 20.8. The summed E-state index contributed by atoms with van der Waals surface area (Å²) < 4.78 is 4.36. The van der Waals surface area contributed by atoms with Crippen LogP contribution in [0.15, 0.2) is 67.0 Å². The number of nitrogens with zero attached hydrogens (tertiary/aromatic N) is 2. The largest absolute Gasteiger partial charge is 0.318 e. The number of hydrogen-bond donors (Lipinski definition) is 1. The van der Waals surface area contributed by atoms with Crippen molar-refractivity contribution < 1.29 is 4.57 Å². The molecule has 3 nitrogen and oxygen atoms in total. The average Bonchev–Trinajstić information content (AvgIpc) is 3.10. The van der Waals surface area contributed by atoms with E-state index in [1.807, 2.05) is 30.3 Å². The maximum absolute atomic E-state index is 9.19. The molecule has 0 saturated heterocycles. The van der Waals surface area contributed by atoms with Gasteiger partial charge in [0, 0.05) is 5.56 Å². The lowest BCUT2D eigenvalue weighted by molar-refractivity contribution is -0.597. The van der Waals surface area contributed by atoms with E-state index in [1.165, 1.54) is 33.4 Å². The van der Waals surface area contributed by atoms with Gasteiger partial charge in [-0.1, -0.05) is 65.7 Å². The summed E-state index contributed by atoms with van der Waals surface area (Å²) in [6.45, 7) is 12.9. The zero-order valence-corrected chi connectivity index (χ0v) is 19.2. The van der Waals surface area contributed by atoms with Gasteiger partial charge in [0.2, 0.25) is 0 Å². The molecule has 0 aliphatic carbocycles. The quantitative estimate of drug-likeness (QED) is 0.316. The second-order valence-corrected chi connectivity index (χ2v) is 8.60. The molecule has 31 heavy (non-hydrogen) atoms. The highest BCUT2D eigenvalue weighted by atomic mass is 15.2. The fourth-order valence-corrected chi connectivity index (χ4v) is 4.83. The summed E-state index contributed by atoms with van der Waals surface area (Å²) in [5.41, 5.74) is 11.0. The summed E-state index contributed by atoms with van der Waals surface area (Å²) in [7, 11) is 0. The summed E-state index contributed by atoms with van der Waals surface area (Å²) in [6.07, 6.45) is 4.19. The molecule has 1 heterocycles. The standard InChI is InChI=1S/C28H30N3/c1-18-14-20(3)26(21(4)15-18)30-12-13-31(27-22(5)16-19(2)17-23(27)6)28(30)25(29)24-10-8-7-9-11-24/h7-17,29H,1-6H3/q+1. The van der Waals surface area contributed by atoms with Gasteiger partial charge in [0.1, 0.15) is 23.8 Å². The summed E-state index contributed by atoms with van der Waals surface area (Å²) in [6, 6.07) is 18.8. The Morgan fingerprint density at radius 2 is 1.26 bits per heavy atom. The van der Waals surface area contributed by atoms with Crippen molar-refractivity contribution in [3.63, 3.8) is 0 Å². The maximum atomic E-state index is 9.19. The van der Waals surface area contributed by atoms with E-state index in [2.05, 4.69) is 87.3 Å². The highest BCUT2D eigenvalue weighted by Gasteiger charge is 2.29. The topological polar surface area (TPSA) is 32.7 Å². The van der Waals surface area contributed by atoms with Crippen LogP contribution >= 0.6 is 0 Å². The van der Waals surface area contributed by atoms with Crippen LogP contribution in [0.2, 0.25) is 0 Å². The van der Waals surface area contributed by atoms with Crippen LogP contribution in [0.25, 0.3) is 11.4 Å². The van der Waals surface area contributed by atoms with E-state index in [-0.39, 0.29) is 0 Å². The SMILES string of the molecule is Cc1cc(C)c(-n2cc[n+](-c3c(C)cc(C)cc3C)c2C(=N)c2ccccc2)c(C)c1. The minimum Gasteiger partial charge on any atom is -0.293 e. The van der Waals surface area contributed by atoms with E-state index in [1.54, 1.807) is 0 Å². The molecule has 0 spiro atoms. The second kappa shape index (κ2) is 7.99. The van der Waals surface area contributed by atoms with E-state index in [0.717, 1.165) is 22.8 Å². The minimum absolute atomic E-state index is 0.504. The highest BCUT2D eigenvalue weighted by Crippen LogP contribution is 2.25. The minimum atomic E-state index is 0.504. The van der Waals surface area contributed by atoms with Gasteiger partial charge in [-0.25, -0.2) is 0 Å². The van der Waals surface area contributed by atoms with Gasteiger partial charge in [-0.05, 0) is 63.8 Å². The molecule has 0 radical (unpaired) electrons. The molecule has 4 rings (SSSR count). The van der Waals surface area contributed by atoms with Crippen LogP contribution in [-0.2, 0) is 0 Å². The van der Waals surface area contributed by atoms with Crippen molar-refractivity contribution in [1.82, 2.24) is 4.57 Å². The van der Waals surface area contributed by atoms with Gasteiger partial charge in [0.05, 0.1) is 0 Å². The smallest absolute Gasteiger partial charge is 0.293 e. The van der Waals surface area contributed by atoms with E-state index in [9.17, 15) is 5.41 Å². The van der Waals surface area contributed by atoms with E-state index in [4.69, 9.17) is 0 Å². The van der Waals surface area contributed by atoms with Crippen LogP contribution in [0, 0.1) is 47.0 Å². The number of benzene rings is 3. The Kier molecular flexibility index (Phi) is 5.36. The molecular weight excluding hydrogens is 378 g/mol. The molecule has 0 fully saturated rings. The number of hydrogen-bond acceptors (Lipinski definition) is 1. The first-order chi connectivity index (χ1) is 14.8. The third kappa shape index (κ3) is 3.72. The van der Waals surface area contributed by atoms with Crippen LogP contribution < -0.4 is 4.57 Å². The Hall–Kier alpha value is -3.46. The number of imidazole rings is 1. The van der Waals surface area contributed by atoms with Gasteiger partial charge >= 0.3 is 5.82 Å². The van der Waals surface area contributed by atoms with E-state index >= 15 is 0 Å². The van der Waals surface area contributed by atoms with Crippen LogP contribution in [0.4, 0.5) is 0 Å². The molecule has 0 saturated carbocycles. The van der Waals surface area contributed by atoms with Crippen molar-refractivity contribution in [3.8, 4) is 11.4 Å². The number of aromatic nitrogens is 2. The molecule has 3 heteroatoms. The molecule has 3 aromatic carbocycles. The molecule has 0 bridgehead atoms. The third-order valence-corrected chi connectivity index (χ3v) is 5.86. The molecular formula is C28H30N3+. The number of rotatable bonds is 4. The van der Waals surface area contributed by atoms with Gasteiger partial charge in [-0.2, -0.15) is 9.13 Å². The normalized spacial score (nSPS) is 11.0.